The minimum Gasteiger partial charge on any atom is -0.497 e. The van der Waals surface area contributed by atoms with Gasteiger partial charge >= 0.3 is 6.09 Å². The summed E-state index contributed by atoms with van der Waals surface area (Å²) in [5.41, 5.74) is 0.678. The molecule has 3 atom stereocenters. The monoisotopic (exact) mass is 489 g/mol. The number of amides is 2. The summed E-state index contributed by atoms with van der Waals surface area (Å²) in [6, 6.07) is 6.41. The highest BCUT2D eigenvalue weighted by atomic mass is 16.6. The maximum atomic E-state index is 12.9. The zero-order valence-corrected chi connectivity index (χ0v) is 20.8. The van der Waals surface area contributed by atoms with Crippen LogP contribution < -0.4 is 9.47 Å². The molecule has 0 unspecified atom stereocenters. The summed E-state index contributed by atoms with van der Waals surface area (Å²) < 4.78 is 18.5. The summed E-state index contributed by atoms with van der Waals surface area (Å²) in [5, 5.41) is 18.0. The third-order valence-electron chi connectivity index (χ3n) is 6.08. The largest absolute Gasteiger partial charge is 0.497 e. The van der Waals surface area contributed by atoms with Gasteiger partial charge in [0.25, 0.3) is 0 Å². The lowest BCUT2D eigenvalue weighted by Gasteiger charge is -2.35. The van der Waals surface area contributed by atoms with Crippen molar-refractivity contribution in [2.75, 3.05) is 33.9 Å². The number of rotatable bonds is 6. The summed E-state index contributed by atoms with van der Waals surface area (Å²) in [5.74, 6) is 0.887. The van der Waals surface area contributed by atoms with Gasteiger partial charge in [-0.05, 0) is 37.6 Å². The molecule has 0 spiro atoms. The number of hydrogen-bond donors (Lipinski definition) is 1. The van der Waals surface area contributed by atoms with Crippen LogP contribution >= 0.6 is 0 Å². The molecular weight excluding hydrogens is 454 g/mol. The summed E-state index contributed by atoms with van der Waals surface area (Å²) in [6.45, 7) is 5.06. The summed E-state index contributed by atoms with van der Waals surface area (Å²) >= 11 is 0. The van der Waals surface area contributed by atoms with Gasteiger partial charge in [-0.25, -0.2) is 4.79 Å². The number of aliphatic hydroxyl groups is 1. The van der Waals surface area contributed by atoms with Crippen LogP contribution in [0.15, 0.2) is 30.5 Å². The van der Waals surface area contributed by atoms with Crippen LogP contribution in [-0.2, 0) is 22.7 Å². The smallest absolute Gasteiger partial charge is 0.415 e. The Balaban J connectivity index is 1.73. The number of ether oxygens (including phenoxy) is 3. The van der Waals surface area contributed by atoms with E-state index in [1.54, 1.807) is 54.2 Å². The molecule has 0 aliphatic carbocycles. The van der Waals surface area contributed by atoms with Crippen LogP contribution in [0.1, 0.15) is 32.4 Å². The summed E-state index contributed by atoms with van der Waals surface area (Å²) in [6.07, 6.45) is 1.81. The van der Waals surface area contributed by atoms with Gasteiger partial charge in [-0.15, -0.1) is 5.10 Å². The molecule has 0 saturated heterocycles. The van der Waals surface area contributed by atoms with Crippen LogP contribution in [0.5, 0.6) is 11.5 Å². The van der Waals surface area contributed by atoms with Gasteiger partial charge in [-0.1, -0.05) is 12.1 Å². The zero-order valence-electron chi connectivity index (χ0n) is 20.8. The van der Waals surface area contributed by atoms with Gasteiger partial charge in [0.1, 0.15) is 17.2 Å². The molecule has 2 amide bonds. The van der Waals surface area contributed by atoms with E-state index in [1.807, 2.05) is 13.8 Å². The third kappa shape index (κ3) is 7.40. The van der Waals surface area contributed by atoms with Gasteiger partial charge < -0.3 is 29.1 Å². The molecule has 1 aromatic carbocycles. The number of aryl methyl sites for hydroxylation is 1. The predicted molar refractivity (Wildman–Crippen MR) is 127 cm³/mol. The summed E-state index contributed by atoms with van der Waals surface area (Å²) in [7, 11) is 3.20. The first-order valence-corrected chi connectivity index (χ1v) is 11.8. The summed E-state index contributed by atoms with van der Waals surface area (Å²) in [4.78, 5) is 28.8. The molecule has 11 heteroatoms. The van der Waals surface area contributed by atoms with Crippen molar-refractivity contribution < 1.29 is 28.9 Å². The van der Waals surface area contributed by atoms with E-state index in [0.717, 1.165) is 0 Å². The maximum Gasteiger partial charge on any atom is 0.415 e. The van der Waals surface area contributed by atoms with Gasteiger partial charge in [-0.2, -0.15) is 0 Å². The molecule has 1 aromatic heterocycles. The Morgan fingerprint density at radius 3 is 2.71 bits per heavy atom. The minimum absolute atomic E-state index is 0.0380. The van der Waals surface area contributed by atoms with Crippen molar-refractivity contribution in [3.63, 3.8) is 0 Å². The van der Waals surface area contributed by atoms with E-state index >= 15 is 0 Å². The van der Waals surface area contributed by atoms with E-state index in [4.69, 9.17) is 14.2 Å². The Morgan fingerprint density at radius 2 is 2.03 bits per heavy atom. The zero-order chi connectivity index (χ0) is 25.4. The van der Waals surface area contributed by atoms with Crippen molar-refractivity contribution in [3.8, 4) is 11.5 Å². The number of methoxy groups -OCH3 is 1. The molecule has 11 nitrogen and oxygen atoms in total. The lowest BCUT2D eigenvalue weighted by molar-refractivity contribution is -0.136. The Hall–Kier alpha value is -3.18. The molecule has 0 fully saturated rings. The molecule has 35 heavy (non-hydrogen) atoms. The Kier molecular flexibility index (Phi) is 9.44. The quantitative estimate of drug-likeness (QED) is 0.654. The molecule has 0 saturated carbocycles. The highest BCUT2D eigenvalue weighted by Crippen LogP contribution is 2.20. The number of carbonyl (C=O) groups excluding carboxylic acids is 2. The molecule has 2 aromatic rings. The number of hydrogen-bond acceptors (Lipinski definition) is 8. The van der Waals surface area contributed by atoms with Gasteiger partial charge in [0, 0.05) is 32.5 Å². The topological polar surface area (TPSA) is 119 Å². The van der Waals surface area contributed by atoms with Crippen molar-refractivity contribution in [2.45, 2.75) is 52.0 Å². The first-order chi connectivity index (χ1) is 16.8. The van der Waals surface area contributed by atoms with Crippen LogP contribution in [0.3, 0.4) is 0 Å². The molecule has 1 N–H and O–H groups in total. The molecule has 1 aliphatic heterocycles. The lowest BCUT2D eigenvalue weighted by atomic mass is 10.0. The normalized spacial score (nSPS) is 20.3. The third-order valence-corrected chi connectivity index (χ3v) is 6.08. The van der Waals surface area contributed by atoms with E-state index < -0.39 is 12.2 Å². The van der Waals surface area contributed by atoms with Crippen LogP contribution in [0.4, 0.5) is 4.79 Å². The molecule has 2 bridgehead atoms. The second kappa shape index (κ2) is 12.5. The van der Waals surface area contributed by atoms with Crippen molar-refractivity contribution in [1.82, 2.24) is 24.8 Å². The van der Waals surface area contributed by atoms with E-state index in [9.17, 15) is 14.7 Å². The Labute approximate surface area is 205 Å². The average Bonchev–Trinajstić information content (AvgIpc) is 3.31. The molecule has 0 radical (unpaired) electrons. The van der Waals surface area contributed by atoms with Gasteiger partial charge in [-0.3, -0.25) is 9.48 Å². The molecule has 3 rings (SSSR count). The number of nitrogens with zero attached hydrogens (tertiary/aromatic N) is 5. The maximum absolute atomic E-state index is 12.9. The number of likely N-dealkylation sites (N-methyl/N-ethyl adjacent to an activating group) is 1. The van der Waals surface area contributed by atoms with Crippen LogP contribution in [-0.4, -0.2) is 87.9 Å². The molecule has 2 heterocycles. The molecule has 1 aliphatic rings. The number of carbonyl (C=O) groups is 2. The van der Waals surface area contributed by atoms with E-state index in [1.165, 1.54) is 4.90 Å². The van der Waals surface area contributed by atoms with Crippen molar-refractivity contribution in [1.29, 1.82) is 0 Å². The van der Waals surface area contributed by atoms with E-state index in [2.05, 4.69) is 10.3 Å². The van der Waals surface area contributed by atoms with Gasteiger partial charge in [0.05, 0.1) is 45.2 Å². The minimum atomic E-state index is -0.531. The number of benzene rings is 1. The number of aliphatic hydroxyl groups excluding tert-OH is 1. The van der Waals surface area contributed by atoms with Crippen molar-refractivity contribution >= 4 is 12.0 Å². The van der Waals surface area contributed by atoms with Gasteiger partial charge in [0.15, 0.2) is 0 Å². The van der Waals surface area contributed by atoms with Crippen LogP contribution in [0.25, 0.3) is 0 Å². The van der Waals surface area contributed by atoms with Crippen molar-refractivity contribution in [2.24, 2.45) is 5.92 Å². The SMILES string of the molecule is COc1ccc(OC(=O)N(C)C[C@@H]2OCc3cn(nn3)CCCC(=O)N([C@H](C)CO)C[C@@H]2C)cc1. The average molecular weight is 490 g/mol. The fourth-order valence-corrected chi connectivity index (χ4v) is 3.86. The van der Waals surface area contributed by atoms with Crippen LogP contribution in [0, 0.1) is 5.92 Å². The predicted octanol–water partition coefficient (Wildman–Crippen LogP) is 1.94. The Morgan fingerprint density at radius 1 is 1.31 bits per heavy atom. The first kappa shape index (κ1) is 26.4. The number of fused-ring (bicyclic) bond motifs is 2. The Bertz CT molecular complexity index is 966. The second-order valence-electron chi connectivity index (χ2n) is 8.90. The highest BCUT2D eigenvalue weighted by molar-refractivity contribution is 5.76. The fourth-order valence-electron chi connectivity index (χ4n) is 3.86. The standard InChI is InChI=1S/C24H35N5O6/c1-17-12-29(18(2)15-30)23(31)6-5-11-28-13-19(25-26-28)16-34-22(17)14-27(3)24(32)35-21-9-7-20(33-4)8-10-21/h7-10,13,17-18,22,30H,5-6,11-12,14-16H2,1-4H3/t17-,18+,22-/m0/s1. The van der Waals surface area contributed by atoms with Gasteiger partial charge in [0.2, 0.25) is 5.91 Å². The first-order valence-electron chi connectivity index (χ1n) is 11.8. The number of aromatic nitrogens is 3. The van der Waals surface area contributed by atoms with E-state index in [0.29, 0.717) is 43.1 Å². The molecule has 192 valence electrons. The van der Waals surface area contributed by atoms with E-state index in [-0.39, 0.29) is 37.6 Å². The van der Waals surface area contributed by atoms with Crippen molar-refractivity contribution in [3.05, 3.63) is 36.2 Å². The highest BCUT2D eigenvalue weighted by Gasteiger charge is 2.29. The lowest BCUT2D eigenvalue weighted by Crippen LogP contribution is -2.48. The van der Waals surface area contributed by atoms with Crippen LogP contribution in [0.2, 0.25) is 0 Å². The second-order valence-corrected chi connectivity index (χ2v) is 8.90. The fraction of sp³-hybridized carbons (Fsp3) is 0.583. The molecular formula is C24H35N5O6.